The van der Waals surface area contributed by atoms with Crippen LogP contribution in [-0.2, 0) is 4.74 Å². The predicted octanol–water partition coefficient (Wildman–Crippen LogP) is 3.51. The van der Waals surface area contributed by atoms with E-state index in [1.165, 1.54) is 0 Å². The first-order valence-corrected chi connectivity index (χ1v) is 7.12. The van der Waals surface area contributed by atoms with Crippen LogP contribution in [0.2, 0.25) is 0 Å². The van der Waals surface area contributed by atoms with Gasteiger partial charge in [0.25, 0.3) is 0 Å². The van der Waals surface area contributed by atoms with Crippen molar-refractivity contribution in [1.29, 1.82) is 0 Å². The van der Waals surface area contributed by atoms with E-state index in [2.05, 4.69) is 0 Å². The minimum atomic E-state index is -0.456. The van der Waals surface area contributed by atoms with E-state index >= 15 is 0 Å². The maximum absolute atomic E-state index is 12.1. The topological polar surface area (TPSA) is 49.8 Å². The zero-order chi connectivity index (χ0) is 14.8. The van der Waals surface area contributed by atoms with Crippen LogP contribution >= 0.6 is 0 Å². The number of carbonyl (C=O) groups is 1. The lowest BCUT2D eigenvalue weighted by molar-refractivity contribution is 0.0198. The molecule has 1 aliphatic rings. The summed E-state index contributed by atoms with van der Waals surface area (Å²) in [6.07, 6.45) is 1.80. The zero-order valence-electron chi connectivity index (χ0n) is 12.4. The molecule has 2 rings (SSSR count). The van der Waals surface area contributed by atoms with E-state index in [1.54, 1.807) is 17.0 Å². The van der Waals surface area contributed by atoms with Crippen molar-refractivity contribution in [3.63, 3.8) is 0 Å². The van der Waals surface area contributed by atoms with Crippen LogP contribution in [0.25, 0.3) is 0 Å². The van der Waals surface area contributed by atoms with Crippen LogP contribution in [0.1, 0.15) is 45.1 Å². The molecule has 1 saturated heterocycles. The van der Waals surface area contributed by atoms with Crippen molar-refractivity contribution in [3.05, 3.63) is 29.8 Å². The van der Waals surface area contributed by atoms with Crippen molar-refractivity contribution in [2.24, 2.45) is 0 Å². The van der Waals surface area contributed by atoms with E-state index in [0.29, 0.717) is 12.5 Å². The molecule has 1 fully saturated rings. The smallest absolute Gasteiger partial charge is 0.410 e. The van der Waals surface area contributed by atoms with Gasteiger partial charge in [-0.25, -0.2) is 4.79 Å². The van der Waals surface area contributed by atoms with Crippen LogP contribution < -0.4 is 0 Å². The zero-order valence-corrected chi connectivity index (χ0v) is 12.4. The number of benzene rings is 1. The minimum Gasteiger partial charge on any atom is -0.508 e. The van der Waals surface area contributed by atoms with Gasteiger partial charge >= 0.3 is 6.09 Å². The summed E-state index contributed by atoms with van der Waals surface area (Å²) >= 11 is 0. The molecule has 4 heteroatoms. The van der Waals surface area contributed by atoms with Crippen molar-refractivity contribution in [2.75, 3.05) is 13.1 Å². The molecule has 0 aliphatic carbocycles. The Morgan fingerprint density at radius 2 is 1.95 bits per heavy atom. The lowest BCUT2D eigenvalue weighted by atomic mass is 9.91. The maximum Gasteiger partial charge on any atom is 0.410 e. The number of rotatable bonds is 1. The molecule has 1 aromatic carbocycles. The Hall–Kier alpha value is -1.71. The quantitative estimate of drug-likeness (QED) is 0.854. The highest BCUT2D eigenvalue weighted by Crippen LogP contribution is 2.28. The van der Waals surface area contributed by atoms with Gasteiger partial charge in [0.2, 0.25) is 0 Å². The van der Waals surface area contributed by atoms with E-state index in [1.807, 2.05) is 32.9 Å². The normalized spacial score (nSPS) is 19.8. The van der Waals surface area contributed by atoms with Crippen LogP contribution in [0.4, 0.5) is 4.79 Å². The summed E-state index contributed by atoms with van der Waals surface area (Å²) in [6.45, 7) is 7.08. The fourth-order valence-corrected chi connectivity index (χ4v) is 2.49. The number of aromatic hydroxyl groups is 1. The number of phenolic OH excluding ortho intramolecular Hbond substituents is 1. The number of phenols is 1. The number of carbonyl (C=O) groups excluding carboxylic acids is 1. The molecule has 0 spiro atoms. The number of hydrogen-bond acceptors (Lipinski definition) is 3. The fourth-order valence-electron chi connectivity index (χ4n) is 2.49. The van der Waals surface area contributed by atoms with E-state index in [9.17, 15) is 9.90 Å². The van der Waals surface area contributed by atoms with Gasteiger partial charge in [-0.05, 0) is 51.3 Å². The largest absolute Gasteiger partial charge is 0.508 e. The number of piperidine rings is 1. The number of nitrogens with zero attached hydrogens (tertiary/aromatic N) is 1. The Morgan fingerprint density at radius 3 is 2.55 bits per heavy atom. The Balaban J connectivity index is 2.01. The molecule has 1 heterocycles. The van der Waals surface area contributed by atoms with Crippen molar-refractivity contribution in [3.8, 4) is 5.75 Å². The van der Waals surface area contributed by atoms with Crippen molar-refractivity contribution in [2.45, 2.75) is 45.1 Å². The SMILES string of the molecule is CC(C)(C)OC(=O)N1CCCC(c2ccc(O)cc2)C1. The van der Waals surface area contributed by atoms with E-state index in [4.69, 9.17) is 4.74 Å². The molecule has 1 N–H and O–H groups in total. The summed E-state index contributed by atoms with van der Waals surface area (Å²) in [5.41, 5.74) is 0.707. The molecule has 1 aromatic rings. The summed E-state index contributed by atoms with van der Waals surface area (Å²) in [5, 5.41) is 9.34. The third kappa shape index (κ3) is 3.89. The van der Waals surface area contributed by atoms with Crippen LogP contribution in [0.15, 0.2) is 24.3 Å². The first-order valence-electron chi connectivity index (χ1n) is 7.12. The molecule has 20 heavy (non-hydrogen) atoms. The first-order chi connectivity index (χ1) is 9.35. The summed E-state index contributed by atoms with van der Waals surface area (Å²) in [7, 11) is 0. The maximum atomic E-state index is 12.1. The number of amides is 1. The third-order valence-corrected chi connectivity index (χ3v) is 3.44. The summed E-state index contributed by atoms with van der Waals surface area (Å²) < 4.78 is 5.43. The van der Waals surface area contributed by atoms with Gasteiger partial charge < -0.3 is 14.7 Å². The fraction of sp³-hybridized carbons (Fsp3) is 0.562. The Labute approximate surface area is 120 Å². The average molecular weight is 277 g/mol. The van der Waals surface area contributed by atoms with Crippen molar-refractivity contribution < 1.29 is 14.6 Å². The van der Waals surface area contributed by atoms with E-state index in [-0.39, 0.29) is 11.8 Å². The van der Waals surface area contributed by atoms with Gasteiger partial charge in [-0.15, -0.1) is 0 Å². The van der Waals surface area contributed by atoms with Crippen molar-refractivity contribution >= 4 is 6.09 Å². The molecule has 0 radical (unpaired) electrons. The molecule has 1 aliphatic heterocycles. The molecule has 1 atom stereocenters. The highest BCUT2D eigenvalue weighted by molar-refractivity contribution is 5.68. The van der Waals surface area contributed by atoms with Crippen LogP contribution in [0.5, 0.6) is 5.75 Å². The average Bonchev–Trinajstić information content (AvgIpc) is 2.38. The Kier molecular flexibility index (Phi) is 4.21. The van der Waals surface area contributed by atoms with Crippen LogP contribution in [0.3, 0.4) is 0 Å². The minimum absolute atomic E-state index is 0.235. The molecule has 0 aromatic heterocycles. The lowest BCUT2D eigenvalue weighted by Gasteiger charge is -2.34. The van der Waals surface area contributed by atoms with E-state index < -0.39 is 5.60 Å². The highest BCUT2D eigenvalue weighted by Gasteiger charge is 2.28. The lowest BCUT2D eigenvalue weighted by Crippen LogP contribution is -2.42. The van der Waals surface area contributed by atoms with Gasteiger partial charge in [-0.3, -0.25) is 0 Å². The molecular formula is C16H23NO3. The molecule has 1 unspecified atom stereocenters. The van der Waals surface area contributed by atoms with Gasteiger partial charge in [0.15, 0.2) is 0 Å². The second kappa shape index (κ2) is 5.73. The molecular weight excluding hydrogens is 254 g/mol. The number of ether oxygens (including phenoxy) is 1. The second-order valence-electron chi connectivity index (χ2n) is 6.36. The van der Waals surface area contributed by atoms with Gasteiger partial charge in [0.1, 0.15) is 11.4 Å². The molecule has 4 nitrogen and oxygen atoms in total. The predicted molar refractivity (Wildman–Crippen MR) is 77.9 cm³/mol. The Morgan fingerprint density at radius 1 is 1.30 bits per heavy atom. The van der Waals surface area contributed by atoms with E-state index in [0.717, 1.165) is 24.9 Å². The first kappa shape index (κ1) is 14.7. The summed E-state index contributed by atoms with van der Waals surface area (Å²) in [4.78, 5) is 13.9. The summed E-state index contributed by atoms with van der Waals surface area (Å²) in [6, 6.07) is 7.25. The number of likely N-dealkylation sites (tertiary alicyclic amines) is 1. The summed E-state index contributed by atoms with van der Waals surface area (Å²) in [5.74, 6) is 0.588. The highest BCUT2D eigenvalue weighted by atomic mass is 16.6. The van der Waals surface area contributed by atoms with Crippen LogP contribution in [-0.4, -0.2) is 34.8 Å². The van der Waals surface area contributed by atoms with Gasteiger partial charge in [-0.2, -0.15) is 0 Å². The molecule has 0 saturated carbocycles. The monoisotopic (exact) mass is 277 g/mol. The molecule has 1 amide bonds. The number of hydrogen-bond donors (Lipinski definition) is 1. The Bertz CT molecular complexity index is 462. The molecule has 0 bridgehead atoms. The van der Waals surface area contributed by atoms with Gasteiger partial charge in [0.05, 0.1) is 0 Å². The second-order valence-corrected chi connectivity index (χ2v) is 6.36. The van der Waals surface area contributed by atoms with Gasteiger partial charge in [0, 0.05) is 19.0 Å². The van der Waals surface area contributed by atoms with Crippen molar-refractivity contribution in [1.82, 2.24) is 4.90 Å². The third-order valence-electron chi connectivity index (χ3n) is 3.44. The standard InChI is InChI=1S/C16H23NO3/c1-16(2,3)20-15(19)17-10-4-5-13(11-17)12-6-8-14(18)9-7-12/h6-9,13,18H,4-5,10-11H2,1-3H3. The molecule has 110 valence electrons. The van der Waals surface area contributed by atoms with Gasteiger partial charge in [-0.1, -0.05) is 12.1 Å². The van der Waals surface area contributed by atoms with Crippen LogP contribution in [0, 0.1) is 0 Å².